The first-order valence-electron chi connectivity index (χ1n) is 46.0. The zero-order valence-corrected chi connectivity index (χ0v) is 65.2. The summed E-state index contributed by atoms with van der Waals surface area (Å²) in [7, 11) is 0. The molecule has 117 heavy (non-hydrogen) atoms. The normalized spacial score (nSPS) is 14.3. The highest BCUT2D eigenvalue weighted by molar-refractivity contribution is 7.00. The van der Waals surface area contributed by atoms with Crippen molar-refractivity contribution in [1.29, 1.82) is 0 Å². The second-order valence-corrected chi connectivity index (χ2v) is 33.2. The van der Waals surface area contributed by atoms with Crippen LogP contribution < -0.4 is 26.2 Å². The lowest BCUT2D eigenvalue weighted by atomic mass is 9.33. The molecule has 0 saturated heterocycles. The number of rotatable bonds is 10. The molecule has 0 aliphatic carbocycles. The Balaban J connectivity index is 0.898. The van der Waals surface area contributed by atoms with Crippen molar-refractivity contribution in [3.05, 3.63) is 393 Å². The number of hydrogen-bond acceptors (Lipinski definition) is 2. The van der Waals surface area contributed by atoms with Crippen molar-refractivity contribution in [2.45, 2.75) is 52.4 Å². The van der Waals surface area contributed by atoms with Gasteiger partial charge in [0.25, 0.3) is 6.71 Å². The summed E-state index contributed by atoms with van der Waals surface area (Å²) < 4.78 is 126. The van der Waals surface area contributed by atoms with E-state index in [1.807, 2.05) is 114 Å². The highest BCUT2D eigenvalue weighted by atomic mass is 15.2. The zero-order valence-electron chi connectivity index (χ0n) is 77.2. The first-order valence-corrected chi connectivity index (χ1v) is 40.0. The van der Waals surface area contributed by atoms with E-state index in [2.05, 4.69) is 261 Å². The molecule has 0 fully saturated rings. The molecule has 2 aliphatic rings. The molecule has 0 radical (unpaired) electrons. The average Bonchev–Trinajstić information content (AvgIpc) is 1.67. The molecule has 6 nitrogen and oxygen atoms in total. The number of hydrogen-bond donors (Lipinski definition) is 0. The lowest BCUT2D eigenvalue weighted by Gasteiger charge is -2.45. The SMILES string of the molecule is [2H]c1c([2H])c([2H])c2c(c1[2H])c1cc(-n3c4ccccc4c4ccccc43)ccc1n2-c1ccc2c(c1)N(c1cc(-c3ccccc3)cc(-c3ccccc3)c1)c1cc(-n3c4c([2H])c([2H])c([2H])c([2H])c4c4c([2H])c([2H])c([2H])c([2H])c43)cc3c1B2c1ccc(-n2c4ccc(C(C)(C)C)cc4c4cc(C(C)(C)C)ccc42)cc1N3c1cc(-c2ccccc2)cc(-c2ccccc2)c1. The summed E-state index contributed by atoms with van der Waals surface area (Å²) in [5.41, 5.74) is 23.4. The second kappa shape index (κ2) is 26.1. The minimum absolute atomic E-state index is 0.0514. The summed E-state index contributed by atoms with van der Waals surface area (Å²) in [4.78, 5) is 4.60. The largest absolute Gasteiger partial charge is 0.311 e. The van der Waals surface area contributed by atoms with E-state index < -0.39 is 61.1 Å². The Hall–Kier alpha value is -14.4. The maximum absolute atomic E-state index is 10.3. The Morgan fingerprint density at radius 2 is 0.530 bits per heavy atom. The van der Waals surface area contributed by atoms with E-state index >= 15 is 0 Å². The Morgan fingerprint density at radius 3 is 0.932 bits per heavy atom. The van der Waals surface area contributed by atoms with Crippen LogP contribution in [-0.2, 0) is 10.8 Å². The van der Waals surface area contributed by atoms with Crippen LogP contribution in [0.1, 0.15) is 69.1 Å². The summed E-state index contributed by atoms with van der Waals surface area (Å²) in [5.74, 6) is 0. The smallest absolute Gasteiger partial charge is 0.252 e. The summed E-state index contributed by atoms with van der Waals surface area (Å²) in [6, 6.07) is 103. The van der Waals surface area contributed by atoms with Gasteiger partial charge in [-0.1, -0.05) is 278 Å². The molecule has 0 N–H and O–H groups in total. The molecule has 6 heterocycles. The monoisotopic (exact) mass is 1510 g/mol. The Bertz CT molecular complexity index is 8120. The third-order valence-electron chi connectivity index (χ3n) is 24.3. The van der Waals surface area contributed by atoms with Crippen LogP contribution in [0.25, 0.3) is 154 Å². The van der Waals surface area contributed by atoms with E-state index in [9.17, 15) is 16.4 Å². The maximum Gasteiger partial charge on any atom is 0.252 e. The molecule has 0 unspecified atom stereocenters. The number of para-hydroxylation sites is 5. The first-order chi connectivity index (χ1) is 62.3. The fourth-order valence-electron chi connectivity index (χ4n) is 18.8. The van der Waals surface area contributed by atoms with Gasteiger partial charge in [-0.15, -0.1) is 0 Å². The van der Waals surface area contributed by atoms with Crippen LogP contribution in [0.2, 0.25) is 0 Å². The van der Waals surface area contributed by atoms with Crippen molar-refractivity contribution in [3.8, 4) is 67.3 Å². The molecule has 2 aliphatic heterocycles. The molecule has 4 aromatic heterocycles. The van der Waals surface area contributed by atoms with Gasteiger partial charge in [-0.2, -0.15) is 0 Å². The standard InChI is InChI=1S/C110H81BN6/c1-109(2,3)78-47-54-101-91(63-78)92-64-79(110(4,5)6)48-55-102(92)114(101)82-50-53-95-105(67-82)117(84-61-76(72-33-15-9-16-34-72)58-77(62-84)73-35-17-10-18-36-73)107-69-85(115-98-44-26-21-39-88(98)89-40-22-27-45-99(89)115)68-106-108(107)111(95)94-52-49-81(66-104(94)116(106)83-59-74(70-29-11-7-12-30-70)57-75(60-83)71-31-13-8-14-32-71)113-100-46-28-23-41-90(100)93-65-80(51-56-103(93)113)112-96-42-24-19-37-86(96)87-38-20-25-43-97(87)112/h7-69H,1-6H3/i21D,22D,23D,26D,27D,28D,39D,40D,41D,44D,45D,46D. The molecule has 0 saturated carbocycles. The van der Waals surface area contributed by atoms with Gasteiger partial charge in [-0.25, -0.2) is 0 Å². The third kappa shape index (κ3) is 10.8. The zero-order chi connectivity index (χ0) is 88.5. The molecular weight excluding hydrogens is 1420 g/mol. The topological polar surface area (TPSA) is 26.2 Å². The van der Waals surface area contributed by atoms with Crippen molar-refractivity contribution < 1.29 is 16.4 Å². The number of anilines is 6. The maximum atomic E-state index is 10.3. The highest BCUT2D eigenvalue weighted by Crippen LogP contribution is 2.51. The van der Waals surface area contributed by atoms with Gasteiger partial charge in [0.05, 0.1) is 66.3 Å². The molecule has 554 valence electrons. The minimum Gasteiger partial charge on any atom is -0.311 e. The molecule has 0 spiro atoms. The van der Waals surface area contributed by atoms with Crippen LogP contribution in [0.4, 0.5) is 34.1 Å². The van der Waals surface area contributed by atoms with Crippen LogP contribution in [0.3, 0.4) is 0 Å². The lowest BCUT2D eigenvalue weighted by molar-refractivity contribution is 0.590. The van der Waals surface area contributed by atoms with Crippen LogP contribution >= 0.6 is 0 Å². The number of aromatic nitrogens is 4. The first kappa shape index (κ1) is 56.8. The average molecular weight is 1510 g/mol. The Labute approximate surface area is 697 Å². The molecule has 0 atom stereocenters. The predicted molar refractivity (Wildman–Crippen MR) is 497 cm³/mol. The Morgan fingerprint density at radius 1 is 0.222 bits per heavy atom. The van der Waals surface area contributed by atoms with Crippen LogP contribution in [0, 0.1) is 0 Å². The molecule has 7 heteroatoms. The quantitative estimate of drug-likeness (QED) is 0.128. The lowest BCUT2D eigenvalue weighted by Crippen LogP contribution is -2.61. The van der Waals surface area contributed by atoms with Crippen molar-refractivity contribution >= 4 is 144 Å². The van der Waals surface area contributed by atoms with Crippen LogP contribution in [-0.4, -0.2) is 25.0 Å². The van der Waals surface area contributed by atoms with E-state index in [0.29, 0.717) is 50.4 Å². The fraction of sp³-hybridized carbons (Fsp3) is 0.0727. The van der Waals surface area contributed by atoms with Gasteiger partial charge in [0, 0.05) is 94.3 Å². The number of fused-ring (bicyclic) bond motifs is 16. The van der Waals surface area contributed by atoms with E-state index in [1.54, 1.807) is 4.57 Å². The van der Waals surface area contributed by atoms with Crippen molar-refractivity contribution in [2.75, 3.05) is 9.80 Å². The van der Waals surface area contributed by atoms with Crippen LogP contribution in [0.5, 0.6) is 0 Å². The minimum atomic E-state index is -0.680. The van der Waals surface area contributed by atoms with Gasteiger partial charge in [-0.3, -0.25) is 0 Å². The number of nitrogens with zero attached hydrogens (tertiary/aromatic N) is 6. The van der Waals surface area contributed by atoms with E-state index in [4.69, 9.17) is 0 Å². The molecule has 17 aromatic carbocycles. The predicted octanol–water partition coefficient (Wildman–Crippen LogP) is 27.4. The van der Waals surface area contributed by atoms with Gasteiger partial charge in [0.15, 0.2) is 0 Å². The van der Waals surface area contributed by atoms with Gasteiger partial charge in [0.2, 0.25) is 0 Å². The van der Waals surface area contributed by atoms with Gasteiger partial charge < -0.3 is 28.1 Å². The van der Waals surface area contributed by atoms with Crippen molar-refractivity contribution in [1.82, 2.24) is 18.3 Å². The summed E-state index contributed by atoms with van der Waals surface area (Å²) in [6.07, 6.45) is 0. The van der Waals surface area contributed by atoms with Gasteiger partial charge >= 0.3 is 0 Å². The third-order valence-corrected chi connectivity index (χ3v) is 24.3. The molecule has 0 amide bonds. The molecular formula is C110H81BN6. The van der Waals surface area contributed by atoms with Gasteiger partial charge in [0.1, 0.15) is 0 Å². The summed E-state index contributed by atoms with van der Waals surface area (Å²) in [5, 5.41) is 5.14. The molecule has 0 bridgehead atoms. The summed E-state index contributed by atoms with van der Waals surface area (Å²) in [6.45, 7) is 12.8. The fourth-order valence-corrected chi connectivity index (χ4v) is 18.8. The van der Waals surface area contributed by atoms with Gasteiger partial charge in [-0.05, 0) is 228 Å². The van der Waals surface area contributed by atoms with Crippen LogP contribution in [0.15, 0.2) is 382 Å². The number of benzene rings is 17. The molecule has 21 aromatic rings. The molecule has 23 rings (SSSR count). The van der Waals surface area contributed by atoms with Crippen molar-refractivity contribution in [3.63, 3.8) is 0 Å². The van der Waals surface area contributed by atoms with E-state index in [-0.39, 0.29) is 56.3 Å². The second-order valence-electron chi connectivity index (χ2n) is 33.2. The van der Waals surface area contributed by atoms with E-state index in [0.717, 1.165) is 127 Å². The highest BCUT2D eigenvalue weighted by Gasteiger charge is 2.45. The summed E-state index contributed by atoms with van der Waals surface area (Å²) >= 11 is 0. The van der Waals surface area contributed by atoms with E-state index in [1.165, 1.54) is 11.1 Å². The van der Waals surface area contributed by atoms with Crippen molar-refractivity contribution in [2.24, 2.45) is 0 Å². The Kier molecular flexibility index (Phi) is 12.6.